The van der Waals surface area contributed by atoms with Crippen molar-refractivity contribution in [3.8, 4) is 5.75 Å². The van der Waals surface area contributed by atoms with E-state index in [1.54, 1.807) is 13.2 Å². The van der Waals surface area contributed by atoms with Gasteiger partial charge in [0.1, 0.15) is 18.0 Å². The number of rotatable bonds is 24. The molecule has 0 heterocycles. The molecule has 1 unspecified atom stereocenters. The largest absolute Gasteiger partial charge is 0.497 e. The van der Waals surface area contributed by atoms with Gasteiger partial charge in [-0.3, -0.25) is 4.79 Å². The standard InChI is InChI=1S/C48H64O6Si/c1-9-34-51-45(49)33-28-37(5)46(52-36-40-29-31-44(50-8)32-30-40)39(7)47(54-55(10-2,11-3)12-4)38(6)35-53-48(41-22-16-13-17-23-41,42-24-18-14-19-25-42)43-26-20-15-21-27-43/h9,13-27,29-32,37-39,46-47H,1,10-12,28,33-36H2,2-8H3/t37-,38?,39-,46-,47-/m0/s1. The van der Waals surface area contributed by atoms with Crippen LogP contribution in [0, 0.1) is 17.8 Å². The lowest BCUT2D eigenvalue weighted by Gasteiger charge is -2.44. The predicted octanol–water partition coefficient (Wildman–Crippen LogP) is 11.4. The van der Waals surface area contributed by atoms with Gasteiger partial charge in [-0.15, -0.1) is 0 Å². The van der Waals surface area contributed by atoms with Gasteiger partial charge >= 0.3 is 5.97 Å². The molecule has 55 heavy (non-hydrogen) atoms. The Morgan fingerprint density at radius 2 is 1.24 bits per heavy atom. The zero-order valence-electron chi connectivity index (χ0n) is 34.2. The molecule has 5 atom stereocenters. The van der Waals surface area contributed by atoms with Gasteiger partial charge < -0.3 is 23.4 Å². The summed E-state index contributed by atoms with van der Waals surface area (Å²) in [6, 6.07) is 42.7. The highest BCUT2D eigenvalue weighted by Gasteiger charge is 2.43. The fraction of sp³-hybridized carbons (Fsp3) is 0.438. The molecular formula is C48H64O6Si. The van der Waals surface area contributed by atoms with Crippen molar-refractivity contribution in [2.24, 2.45) is 17.8 Å². The molecule has 4 rings (SSSR count). The third kappa shape index (κ3) is 11.5. The first-order valence-corrected chi connectivity index (χ1v) is 22.7. The third-order valence-electron chi connectivity index (χ3n) is 11.3. The van der Waals surface area contributed by atoms with Gasteiger partial charge in [0.25, 0.3) is 0 Å². The van der Waals surface area contributed by atoms with E-state index in [4.69, 9.17) is 23.4 Å². The second-order valence-electron chi connectivity index (χ2n) is 14.9. The Morgan fingerprint density at radius 3 is 1.69 bits per heavy atom. The molecule has 0 aromatic heterocycles. The van der Waals surface area contributed by atoms with Gasteiger partial charge in [-0.2, -0.15) is 0 Å². The fourth-order valence-electron chi connectivity index (χ4n) is 7.82. The molecule has 0 aliphatic carbocycles. The lowest BCUT2D eigenvalue weighted by atomic mass is 9.79. The average molecular weight is 765 g/mol. The molecule has 4 aromatic carbocycles. The van der Waals surface area contributed by atoms with Crippen LogP contribution >= 0.6 is 0 Å². The molecule has 0 N–H and O–H groups in total. The summed E-state index contributed by atoms with van der Waals surface area (Å²) < 4.78 is 32.6. The summed E-state index contributed by atoms with van der Waals surface area (Å²) in [5.41, 5.74) is 3.43. The van der Waals surface area contributed by atoms with E-state index in [2.05, 4.69) is 139 Å². The van der Waals surface area contributed by atoms with Crippen LogP contribution in [-0.4, -0.2) is 46.8 Å². The molecule has 0 saturated carbocycles. The van der Waals surface area contributed by atoms with Crippen LogP contribution in [-0.2, 0) is 35.6 Å². The first kappa shape index (κ1) is 43.7. The summed E-state index contributed by atoms with van der Waals surface area (Å²) >= 11 is 0. The normalized spacial score (nSPS) is 14.7. The summed E-state index contributed by atoms with van der Waals surface area (Å²) in [7, 11) is -0.438. The molecule has 6 nitrogen and oxygen atoms in total. The van der Waals surface area contributed by atoms with Gasteiger partial charge in [-0.1, -0.05) is 157 Å². The SMILES string of the molecule is C=CCOC(=O)CC[C@H](C)[C@H](OCc1ccc(OC)cc1)[C@H](C)[C@@H](O[Si](CC)(CC)CC)C(C)COC(c1ccccc1)(c1ccccc1)c1ccccc1. The molecule has 0 aliphatic rings. The zero-order chi connectivity index (χ0) is 39.7. The van der Waals surface area contributed by atoms with Crippen LogP contribution in [0.2, 0.25) is 18.1 Å². The molecule has 0 fully saturated rings. The smallest absolute Gasteiger partial charge is 0.306 e. The Hall–Kier alpha value is -4.01. The Bertz CT molecular complexity index is 1570. The first-order valence-electron chi connectivity index (χ1n) is 20.2. The van der Waals surface area contributed by atoms with Crippen LogP contribution in [0.4, 0.5) is 0 Å². The van der Waals surface area contributed by atoms with Crippen LogP contribution in [0.15, 0.2) is 128 Å². The summed E-state index contributed by atoms with van der Waals surface area (Å²) in [5.74, 6) is 0.601. The quantitative estimate of drug-likeness (QED) is 0.0306. The number of hydrogen-bond acceptors (Lipinski definition) is 6. The molecule has 7 heteroatoms. The summed E-state index contributed by atoms with van der Waals surface area (Å²) in [4.78, 5) is 12.7. The van der Waals surface area contributed by atoms with Crippen molar-refractivity contribution in [1.82, 2.24) is 0 Å². The van der Waals surface area contributed by atoms with Crippen molar-refractivity contribution in [1.29, 1.82) is 0 Å². The number of methoxy groups -OCH3 is 1. The van der Waals surface area contributed by atoms with Crippen LogP contribution < -0.4 is 4.74 Å². The second-order valence-corrected chi connectivity index (χ2v) is 19.6. The summed E-state index contributed by atoms with van der Waals surface area (Å²) in [6.45, 7) is 18.3. The van der Waals surface area contributed by atoms with Crippen LogP contribution in [0.3, 0.4) is 0 Å². The highest BCUT2D eigenvalue weighted by Crippen LogP contribution is 2.42. The van der Waals surface area contributed by atoms with Crippen LogP contribution in [0.25, 0.3) is 0 Å². The fourth-order valence-corrected chi connectivity index (χ4v) is 10.8. The Morgan fingerprint density at radius 1 is 0.727 bits per heavy atom. The number of ether oxygens (including phenoxy) is 4. The predicted molar refractivity (Wildman–Crippen MR) is 227 cm³/mol. The van der Waals surface area contributed by atoms with Gasteiger partial charge in [0.15, 0.2) is 8.32 Å². The van der Waals surface area contributed by atoms with E-state index in [0.717, 1.165) is 46.1 Å². The minimum Gasteiger partial charge on any atom is -0.497 e. The highest BCUT2D eigenvalue weighted by atomic mass is 28.4. The lowest BCUT2D eigenvalue weighted by Crippen LogP contribution is -2.49. The number of esters is 1. The lowest BCUT2D eigenvalue weighted by molar-refractivity contribution is -0.143. The van der Waals surface area contributed by atoms with E-state index >= 15 is 0 Å². The number of carbonyl (C=O) groups excluding carboxylic acids is 1. The molecule has 4 aromatic rings. The highest BCUT2D eigenvalue weighted by molar-refractivity contribution is 6.73. The number of hydrogen-bond donors (Lipinski definition) is 0. The first-order chi connectivity index (χ1) is 26.7. The Kier molecular flexibility index (Phi) is 17.4. The molecular weight excluding hydrogens is 701 g/mol. The monoisotopic (exact) mass is 764 g/mol. The average Bonchev–Trinajstić information content (AvgIpc) is 3.24. The van der Waals surface area contributed by atoms with Crippen molar-refractivity contribution >= 4 is 14.3 Å². The molecule has 0 radical (unpaired) electrons. The molecule has 0 bridgehead atoms. The van der Waals surface area contributed by atoms with Gasteiger partial charge in [0.2, 0.25) is 0 Å². The van der Waals surface area contributed by atoms with E-state index in [1.165, 1.54) is 0 Å². The maximum atomic E-state index is 12.7. The zero-order valence-corrected chi connectivity index (χ0v) is 35.2. The maximum Gasteiger partial charge on any atom is 0.306 e. The Balaban J connectivity index is 1.74. The minimum absolute atomic E-state index is 0.00104. The molecule has 0 amide bonds. The third-order valence-corrected chi connectivity index (χ3v) is 16.0. The topological polar surface area (TPSA) is 63.2 Å². The van der Waals surface area contributed by atoms with Crippen molar-refractivity contribution in [2.75, 3.05) is 20.3 Å². The van der Waals surface area contributed by atoms with Crippen molar-refractivity contribution < 1.29 is 28.2 Å². The van der Waals surface area contributed by atoms with Gasteiger partial charge in [-0.25, -0.2) is 0 Å². The van der Waals surface area contributed by atoms with E-state index < -0.39 is 13.9 Å². The van der Waals surface area contributed by atoms with Crippen molar-refractivity contribution in [3.63, 3.8) is 0 Å². The van der Waals surface area contributed by atoms with Gasteiger partial charge in [0, 0.05) is 18.3 Å². The minimum atomic E-state index is -2.11. The molecule has 0 saturated heterocycles. The molecule has 0 aliphatic heterocycles. The van der Waals surface area contributed by atoms with Crippen molar-refractivity contribution in [3.05, 3.63) is 150 Å². The molecule has 296 valence electrons. The molecule has 0 spiro atoms. The summed E-state index contributed by atoms with van der Waals surface area (Å²) in [5, 5.41) is 0. The number of benzene rings is 4. The maximum absolute atomic E-state index is 12.7. The Labute approximate surface area is 332 Å². The van der Waals surface area contributed by atoms with E-state index in [9.17, 15) is 4.79 Å². The van der Waals surface area contributed by atoms with Crippen LogP contribution in [0.5, 0.6) is 5.75 Å². The summed E-state index contributed by atoms with van der Waals surface area (Å²) in [6.07, 6.45) is 2.16. The van der Waals surface area contributed by atoms with Gasteiger partial charge in [0.05, 0.1) is 32.5 Å². The van der Waals surface area contributed by atoms with Gasteiger partial charge in [-0.05, 0) is 64.9 Å². The van der Waals surface area contributed by atoms with E-state index in [0.29, 0.717) is 26.1 Å². The second kappa shape index (κ2) is 21.9. The van der Waals surface area contributed by atoms with E-state index in [-0.39, 0.29) is 42.5 Å². The van der Waals surface area contributed by atoms with Crippen molar-refractivity contribution in [2.45, 2.75) is 96.9 Å². The number of carbonyl (C=O) groups is 1. The van der Waals surface area contributed by atoms with Crippen LogP contribution in [0.1, 0.15) is 76.6 Å². The van der Waals surface area contributed by atoms with E-state index in [1.807, 2.05) is 24.3 Å².